The highest BCUT2D eigenvalue weighted by Gasteiger charge is 2.28. The van der Waals surface area contributed by atoms with E-state index in [-0.39, 0.29) is 10.0 Å². The summed E-state index contributed by atoms with van der Waals surface area (Å²) in [4.78, 5) is 3.52. The molecule has 1 heterocycles. The molecular weight excluding hydrogens is 312 g/mol. The van der Waals surface area contributed by atoms with Gasteiger partial charge in [0.15, 0.2) is 23.3 Å². The number of aromatic nitrogens is 1. The highest BCUT2D eigenvalue weighted by molar-refractivity contribution is 6.39. The van der Waals surface area contributed by atoms with Crippen molar-refractivity contribution in [2.24, 2.45) is 0 Å². The smallest absolute Gasteiger partial charge is 0.200 e. The summed E-state index contributed by atoms with van der Waals surface area (Å²) in [5.41, 5.74) is -1.69. The van der Waals surface area contributed by atoms with Crippen LogP contribution in [0.15, 0.2) is 12.4 Å². The monoisotopic (exact) mass is 313 g/mol. The molecule has 0 aliphatic heterocycles. The second-order valence-electron chi connectivity index (χ2n) is 3.42. The summed E-state index contributed by atoms with van der Waals surface area (Å²) in [6.07, 6.45) is 1.95. The van der Waals surface area contributed by atoms with Gasteiger partial charge in [0, 0.05) is 18.0 Å². The van der Waals surface area contributed by atoms with Gasteiger partial charge in [-0.1, -0.05) is 23.2 Å². The van der Waals surface area contributed by atoms with Crippen molar-refractivity contribution in [1.29, 1.82) is 0 Å². The van der Waals surface area contributed by atoms with Crippen LogP contribution in [-0.2, 0) is 0 Å². The van der Waals surface area contributed by atoms with E-state index < -0.39 is 40.2 Å². The molecule has 0 radical (unpaired) electrons. The Morgan fingerprint density at radius 3 is 1.42 bits per heavy atom. The first-order valence-corrected chi connectivity index (χ1v) is 5.42. The minimum absolute atomic E-state index is 0.337. The van der Waals surface area contributed by atoms with Crippen molar-refractivity contribution in [2.45, 2.75) is 0 Å². The van der Waals surface area contributed by atoms with E-state index in [9.17, 15) is 22.0 Å². The lowest BCUT2D eigenvalue weighted by atomic mass is 10.0. The van der Waals surface area contributed by atoms with Gasteiger partial charge in [-0.05, 0) is 0 Å². The zero-order valence-electron chi connectivity index (χ0n) is 8.75. The first kappa shape index (κ1) is 14.0. The highest BCUT2D eigenvalue weighted by atomic mass is 35.5. The Morgan fingerprint density at radius 1 is 0.632 bits per heavy atom. The number of benzene rings is 1. The van der Waals surface area contributed by atoms with Gasteiger partial charge in [0.25, 0.3) is 0 Å². The third kappa shape index (κ3) is 2.15. The normalized spacial score (nSPS) is 10.9. The van der Waals surface area contributed by atoms with Gasteiger partial charge in [-0.3, -0.25) is 4.98 Å². The summed E-state index contributed by atoms with van der Waals surface area (Å²) < 4.78 is 66.3. The topological polar surface area (TPSA) is 12.9 Å². The molecule has 0 spiro atoms. The Bertz CT molecular complexity index is 625. The first-order chi connectivity index (χ1) is 8.86. The lowest BCUT2D eigenvalue weighted by Gasteiger charge is -2.10. The summed E-state index contributed by atoms with van der Waals surface area (Å²) in [5.74, 6) is -10.4. The van der Waals surface area contributed by atoms with Crippen molar-refractivity contribution >= 4 is 23.2 Å². The second-order valence-corrected chi connectivity index (χ2v) is 4.24. The molecule has 0 aliphatic rings. The van der Waals surface area contributed by atoms with E-state index in [1.807, 2.05) is 0 Å². The van der Waals surface area contributed by atoms with Crippen LogP contribution in [0.4, 0.5) is 22.0 Å². The summed E-state index contributed by atoms with van der Waals surface area (Å²) in [7, 11) is 0. The van der Waals surface area contributed by atoms with Gasteiger partial charge >= 0.3 is 0 Å². The summed E-state index contributed by atoms with van der Waals surface area (Å²) in [6.45, 7) is 0. The molecule has 1 nitrogen and oxygen atoms in total. The molecule has 19 heavy (non-hydrogen) atoms. The molecule has 1 aromatic carbocycles. The molecular formula is C11H2Cl2F5N. The van der Waals surface area contributed by atoms with Gasteiger partial charge in [-0.15, -0.1) is 0 Å². The fourth-order valence-corrected chi connectivity index (χ4v) is 2.03. The van der Waals surface area contributed by atoms with E-state index in [4.69, 9.17) is 23.2 Å². The third-order valence-electron chi connectivity index (χ3n) is 2.31. The van der Waals surface area contributed by atoms with Crippen molar-refractivity contribution in [2.75, 3.05) is 0 Å². The predicted octanol–water partition coefficient (Wildman–Crippen LogP) is 4.75. The molecule has 0 unspecified atom stereocenters. The van der Waals surface area contributed by atoms with E-state index in [0.717, 1.165) is 12.4 Å². The Morgan fingerprint density at radius 2 is 1.00 bits per heavy atom. The van der Waals surface area contributed by atoms with Gasteiger partial charge in [0.2, 0.25) is 5.82 Å². The standard InChI is InChI=1S/C11H2Cl2F5N/c12-3-1-19-2-4(13)5(3)6-7(14)9(16)11(18)10(17)8(6)15/h1-2H. The van der Waals surface area contributed by atoms with Gasteiger partial charge in [0.1, 0.15) is 0 Å². The molecule has 0 fully saturated rings. The van der Waals surface area contributed by atoms with Crippen molar-refractivity contribution in [3.63, 3.8) is 0 Å². The van der Waals surface area contributed by atoms with Crippen LogP contribution in [0.25, 0.3) is 11.1 Å². The molecule has 2 aromatic rings. The number of hydrogen-bond acceptors (Lipinski definition) is 1. The zero-order chi connectivity index (χ0) is 14.3. The van der Waals surface area contributed by atoms with Crippen molar-refractivity contribution in [1.82, 2.24) is 4.98 Å². The summed E-state index contributed by atoms with van der Waals surface area (Å²) in [6, 6.07) is 0. The predicted molar refractivity (Wildman–Crippen MR) is 59.5 cm³/mol. The van der Waals surface area contributed by atoms with E-state index in [1.54, 1.807) is 0 Å². The van der Waals surface area contributed by atoms with Crippen LogP contribution in [0.5, 0.6) is 0 Å². The number of hydrogen-bond donors (Lipinski definition) is 0. The largest absolute Gasteiger partial charge is 0.262 e. The zero-order valence-corrected chi connectivity index (χ0v) is 10.3. The van der Waals surface area contributed by atoms with Crippen LogP contribution < -0.4 is 0 Å². The minimum atomic E-state index is -2.25. The van der Waals surface area contributed by atoms with Gasteiger partial charge < -0.3 is 0 Å². The number of halogens is 7. The lowest BCUT2D eigenvalue weighted by molar-refractivity contribution is 0.381. The average Bonchev–Trinajstić information content (AvgIpc) is 2.37. The molecule has 0 aliphatic carbocycles. The maximum Gasteiger partial charge on any atom is 0.200 e. The fourth-order valence-electron chi connectivity index (χ4n) is 1.47. The number of pyridine rings is 1. The molecule has 1 aromatic heterocycles. The maximum atomic E-state index is 13.6. The number of rotatable bonds is 1. The van der Waals surface area contributed by atoms with Crippen molar-refractivity contribution < 1.29 is 22.0 Å². The average molecular weight is 314 g/mol. The van der Waals surface area contributed by atoms with Crippen LogP contribution in [0.3, 0.4) is 0 Å². The Balaban J connectivity index is 2.92. The van der Waals surface area contributed by atoms with Gasteiger partial charge in [-0.2, -0.15) is 0 Å². The molecule has 0 atom stereocenters. The Labute approximate surface area is 113 Å². The molecule has 2 rings (SSSR count). The van der Waals surface area contributed by atoms with E-state index in [2.05, 4.69) is 4.98 Å². The maximum absolute atomic E-state index is 13.6. The Kier molecular flexibility index (Phi) is 3.64. The number of nitrogens with zero attached hydrogens (tertiary/aromatic N) is 1. The minimum Gasteiger partial charge on any atom is -0.262 e. The van der Waals surface area contributed by atoms with Crippen LogP contribution in [0.1, 0.15) is 0 Å². The van der Waals surface area contributed by atoms with Crippen molar-refractivity contribution in [3.05, 3.63) is 51.5 Å². The SMILES string of the molecule is Fc1c(F)c(F)c(-c2c(Cl)cncc2Cl)c(F)c1F. The van der Waals surface area contributed by atoms with Crippen LogP contribution in [-0.4, -0.2) is 4.98 Å². The highest BCUT2D eigenvalue weighted by Crippen LogP contribution is 2.39. The van der Waals surface area contributed by atoms with Gasteiger partial charge in [-0.25, -0.2) is 22.0 Å². The Hall–Kier alpha value is -1.40. The molecule has 0 saturated carbocycles. The van der Waals surface area contributed by atoms with E-state index in [0.29, 0.717) is 0 Å². The molecule has 0 amide bonds. The van der Waals surface area contributed by atoms with E-state index in [1.165, 1.54) is 0 Å². The van der Waals surface area contributed by atoms with Crippen LogP contribution >= 0.6 is 23.2 Å². The molecule has 100 valence electrons. The second kappa shape index (κ2) is 4.94. The summed E-state index contributed by atoms with van der Waals surface area (Å²) in [5, 5.41) is -0.675. The quantitative estimate of drug-likeness (QED) is 0.420. The van der Waals surface area contributed by atoms with Gasteiger partial charge in [0.05, 0.1) is 15.6 Å². The van der Waals surface area contributed by atoms with Crippen LogP contribution in [0.2, 0.25) is 10.0 Å². The molecule has 8 heteroatoms. The molecule has 0 saturated heterocycles. The summed E-state index contributed by atoms with van der Waals surface area (Å²) >= 11 is 11.3. The van der Waals surface area contributed by atoms with Crippen LogP contribution in [0, 0.1) is 29.1 Å². The molecule has 0 N–H and O–H groups in total. The third-order valence-corrected chi connectivity index (χ3v) is 2.89. The lowest BCUT2D eigenvalue weighted by Crippen LogP contribution is -2.04. The molecule has 0 bridgehead atoms. The first-order valence-electron chi connectivity index (χ1n) is 4.67. The van der Waals surface area contributed by atoms with E-state index >= 15 is 0 Å². The van der Waals surface area contributed by atoms with Crippen molar-refractivity contribution in [3.8, 4) is 11.1 Å². The fraction of sp³-hybridized carbons (Fsp3) is 0.